The van der Waals surface area contributed by atoms with Gasteiger partial charge in [0.2, 0.25) is 0 Å². The number of aliphatic hydroxyl groups is 1. The zero-order valence-electron chi connectivity index (χ0n) is 15.3. The Labute approximate surface area is 169 Å². The lowest BCUT2D eigenvalue weighted by Gasteiger charge is -2.16. The zero-order chi connectivity index (χ0) is 20.6. The second kappa shape index (κ2) is 7.33. The highest BCUT2D eigenvalue weighted by atomic mass is 32.2. The maximum atomic E-state index is 12.7. The Bertz CT molecular complexity index is 1260. The van der Waals surface area contributed by atoms with E-state index in [1.807, 2.05) is 24.3 Å². The number of hydrogen-bond donors (Lipinski definition) is 3. The molecule has 0 saturated carbocycles. The van der Waals surface area contributed by atoms with Gasteiger partial charge in [-0.2, -0.15) is 0 Å². The van der Waals surface area contributed by atoms with Crippen LogP contribution in [0.3, 0.4) is 0 Å². The fourth-order valence-electron chi connectivity index (χ4n) is 3.36. The van der Waals surface area contributed by atoms with Crippen molar-refractivity contribution in [3.8, 4) is 0 Å². The van der Waals surface area contributed by atoms with Crippen molar-refractivity contribution < 1.29 is 21.9 Å². The number of sulfonamides is 1. The van der Waals surface area contributed by atoms with Gasteiger partial charge in [0.25, 0.3) is 10.0 Å². The maximum absolute atomic E-state index is 12.7. The molecule has 4 rings (SSSR count). The summed E-state index contributed by atoms with van der Waals surface area (Å²) in [5, 5.41) is 14.6. The van der Waals surface area contributed by atoms with E-state index in [1.165, 1.54) is 0 Å². The Morgan fingerprint density at radius 1 is 0.862 bits per heavy atom. The molecule has 3 aromatic carbocycles. The van der Waals surface area contributed by atoms with Crippen molar-refractivity contribution in [3.05, 3.63) is 66.7 Å². The van der Waals surface area contributed by atoms with E-state index in [2.05, 4.69) is 10.0 Å². The van der Waals surface area contributed by atoms with E-state index >= 15 is 0 Å². The van der Waals surface area contributed by atoms with E-state index in [9.17, 15) is 21.9 Å². The number of aliphatic hydroxyl groups excluding tert-OH is 1. The van der Waals surface area contributed by atoms with E-state index in [1.54, 1.807) is 42.5 Å². The van der Waals surface area contributed by atoms with Crippen LogP contribution in [0.4, 0.5) is 11.4 Å². The van der Waals surface area contributed by atoms with Crippen LogP contribution in [0.25, 0.3) is 10.8 Å². The highest BCUT2D eigenvalue weighted by molar-refractivity contribution is 7.92. The minimum atomic E-state index is -3.75. The Balaban J connectivity index is 1.49. The normalized spacial score (nSPS) is 21.1. The van der Waals surface area contributed by atoms with Gasteiger partial charge in [-0.25, -0.2) is 16.8 Å². The third kappa shape index (κ3) is 4.36. The number of anilines is 2. The Morgan fingerprint density at radius 2 is 1.52 bits per heavy atom. The average molecular weight is 433 g/mol. The molecule has 0 spiro atoms. The summed E-state index contributed by atoms with van der Waals surface area (Å²) in [6.07, 6.45) is -0.967. The van der Waals surface area contributed by atoms with Gasteiger partial charge in [-0.05, 0) is 47.2 Å². The van der Waals surface area contributed by atoms with Crippen LogP contribution >= 0.6 is 0 Å². The first-order valence-electron chi connectivity index (χ1n) is 8.99. The molecule has 0 radical (unpaired) electrons. The lowest BCUT2D eigenvalue weighted by Crippen LogP contribution is -2.31. The first kappa shape index (κ1) is 19.7. The van der Waals surface area contributed by atoms with Gasteiger partial charge in [0, 0.05) is 11.4 Å². The molecule has 7 nitrogen and oxygen atoms in total. The van der Waals surface area contributed by atoms with Crippen LogP contribution in [0.1, 0.15) is 0 Å². The molecule has 0 unspecified atom stereocenters. The number of fused-ring (bicyclic) bond motifs is 1. The molecule has 1 aliphatic heterocycles. The van der Waals surface area contributed by atoms with Crippen molar-refractivity contribution in [2.75, 3.05) is 21.5 Å². The molecule has 152 valence electrons. The highest BCUT2D eigenvalue weighted by Crippen LogP contribution is 2.23. The van der Waals surface area contributed by atoms with E-state index in [4.69, 9.17) is 0 Å². The van der Waals surface area contributed by atoms with Crippen molar-refractivity contribution in [1.29, 1.82) is 0 Å². The molecule has 0 aromatic heterocycles. The molecule has 1 heterocycles. The zero-order valence-corrected chi connectivity index (χ0v) is 16.9. The van der Waals surface area contributed by atoms with Gasteiger partial charge in [-0.1, -0.05) is 30.3 Å². The van der Waals surface area contributed by atoms with E-state index < -0.39 is 32.0 Å². The topological polar surface area (TPSA) is 113 Å². The summed E-state index contributed by atoms with van der Waals surface area (Å²) in [6, 6.07) is 18.3. The van der Waals surface area contributed by atoms with Crippen LogP contribution in [0.5, 0.6) is 0 Å². The van der Waals surface area contributed by atoms with Crippen LogP contribution in [-0.2, 0) is 19.9 Å². The third-order valence-corrected chi connectivity index (χ3v) is 7.94. The Morgan fingerprint density at radius 3 is 2.17 bits per heavy atom. The molecule has 1 fully saturated rings. The summed E-state index contributed by atoms with van der Waals surface area (Å²) in [5.74, 6) is -0.390. The van der Waals surface area contributed by atoms with Crippen molar-refractivity contribution in [2.45, 2.75) is 17.0 Å². The second-order valence-electron chi connectivity index (χ2n) is 7.09. The SMILES string of the molecule is O=S1(=O)C[C@H](Nc2ccc(NS(=O)(=O)c3ccc4ccccc4c3)cc2)[C@@H](O)C1. The number of rotatable bonds is 5. The molecule has 9 heteroatoms. The molecular formula is C20H20N2O5S2. The monoisotopic (exact) mass is 432 g/mol. The summed E-state index contributed by atoms with van der Waals surface area (Å²) in [5.41, 5.74) is 0.975. The lowest BCUT2D eigenvalue weighted by molar-refractivity contribution is 0.190. The molecular weight excluding hydrogens is 412 g/mol. The maximum Gasteiger partial charge on any atom is 0.261 e. The van der Waals surface area contributed by atoms with Gasteiger partial charge in [0.1, 0.15) is 0 Å². The largest absolute Gasteiger partial charge is 0.390 e. The van der Waals surface area contributed by atoms with Crippen molar-refractivity contribution in [3.63, 3.8) is 0 Å². The van der Waals surface area contributed by atoms with Gasteiger partial charge in [-0.3, -0.25) is 4.72 Å². The minimum absolute atomic E-state index is 0.134. The number of hydrogen-bond acceptors (Lipinski definition) is 6. The van der Waals surface area contributed by atoms with Gasteiger partial charge in [0.15, 0.2) is 9.84 Å². The van der Waals surface area contributed by atoms with E-state index in [-0.39, 0.29) is 16.4 Å². The standard InChI is InChI=1S/C20H20N2O5S2/c23-20-13-28(24,25)12-19(20)21-16-6-8-17(9-7-16)22-29(26,27)18-10-5-14-3-1-2-4-15(14)11-18/h1-11,19-23H,12-13H2/t19-,20-/m0/s1. The molecule has 1 saturated heterocycles. The molecule has 29 heavy (non-hydrogen) atoms. The van der Waals surface area contributed by atoms with E-state index in [0.717, 1.165) is 10.8 Å². The lowest BCUT2D eigenvalue weighted by atomic mass is 10.1. The van der Waals surface area contributed by atoms with Gasteiger partial charge >= 0.3 is 0 Å². The highest BCUT2D eigenvalue weighted by Gasteiger charge is 2.36. The van der Waals surface area contributed by atoms with Crippen LogP contribution in [0.15, 0.2) is 71.6 Å². The van der Waals surface area contributed by atoms with Crippen molar-refractivity contribution >= 4 is 42.0 Å². The summed E-state index contributed by atoms with van der Waals surface area (Å²) in [6.45, 7) is 0. The quantitative estimate of drug-likeness (QED) is 0.570. The van der Waals surface area contributed by atoms with Gasteiger partial charge < -0.3 is 10.4 Å². The smallest absolute Gasteiger partial charge is 0.261 e. The predicted molar refractivity (Wildman–Crippen MR) is 113 cm³/mol. The summed E-state index contributed by atoms with van der Waals surface area (Å²) in [7, 11) is -7.00. The first-order chi connectivity index (χ1) is 13.7. The van der Waals surface area contributed by atoms with Crippen LogP contribution in [0, 0.1) is 0 Å². The van der Waals surface area contributed by atoms with Crippen molar-refractivity contribution in [1.82, 2.24) is 0 Å². The summed E-state index contributed by atoms with van der Waals surface area (Å²) in [4.78, 5) is 0.165. The first-order valence-corrected chi connectivity index (χ1v) is 12.3. The van der Waals surface area contributed by atoms with Crippen LogP contribution in [0.2, 0.25) is 0 Å². The van der Waals surface area contributed by atoms with Crippen molar-refractivity contribution in [2.24, 2.45) is 0 Å². The number of benzene rings is 3. The molecule has 3 N–H and O–H groups in total. The number of nitrogens with one attached hydrogen (secondary N) is 2. The third-order valence-electron chi connectivity index (χ3n) is 4.84. The summed E-state index contributed by atoms with van der Waals surface area (Å²) >= 11 is 0. The molecule has 0 bridgehead atoms. The molecule has 0 aliphatic carbocycles. The fourth-order valence-corrected chi connectivity index (χ4v) is 6.20. The molecule has 0 amide bonds. The number of sulfone groups is 1. The predicted octanol–water partition coefficient (Wildman–Crippen LogP) is 2.21. The Hall–Kier alpha value is -2.62. The Kier molecular flexibility index (Phi) is 4.97. The molecule has 3 aromatic rings. The average Bonchev–Trinajstić information content (AvgIpc) is 2.94. The fraction of sp³-hybridized carbons (Fsp3) is 0.200. The van der Waals surface area contributed by atoms with Crippen LogP contribution < -0.4 is 10.0 Å². The molecule has 1 aliphatic rings. The van der Waals surface area contributed by atoms with Crippen LogP contribution in [-0.4, -0.2) is 45.6 Å². The minimum Gasteiger partial charge on any atom is -0.390 e. The second-order valence-corrected chi connectivity index (χ2v) is 10.9. The summed E-state index contributed by atoms with van der Waals surface area (Å²) < 4.78 is 51.1. The van der Waals surface area contributed by atoms with Gasteiger partial charge in [-0.15, -0.1) is 0 Å². The molecule has 2 atom stereocenters. The van der Waals surface area contributed by atoms with Gasteiger partial charge in [0.05, 0.1) is 28.5 Å². The van der Waals surface area contributed by atoms with E-state index in [0.29, 0.717) is 11.4 Å².